The van der Waals surface area contributed by atoms with Crippen LogP contribution in [0.1, 0.15) is 46.4 Å². The molecule has 3 rings (SSSR count). The lowest BCUT2D eigenvalue weighted by molar-refractivity contribution is -0.118. The third-order valence-electron chi connectivity index (χ3n) is 4.79. The van der Waals surface area contributed by atoms with Crippen LogP contribution in [0, 0.1) is 14.8 Å². The van der Waals surface area contributed by atoms with Gasteiger partial charge in [0.1, 0.15) is 10.8 Å². The number of hydrogen-bond donors (Lipinski definition) is 4. The second kappa shape index (κ2) is 9.51. The molecule has 0 radical (unpaired) electrons. The highest BCUT2D eigenvalue weighted by Crippen LogP contribution is 2.40. The highest BCUT2D eigenvalue weighted by atomic mass is 127. The Bertz CT molecular complexity index is 1040. The Morgan fingerprint density at radius 1 is 1.26 bits per heavy atom. The predicted molar refractivity (Wildman–Crippen MR) is 128 cm³/mol. The van der Waals surface area contributed by atoms with Gasteiger partial charge < -0.3 is 21.3 Å². The number of rotatable bonds is 6. The van der Waals surface area contributed by atoms with Crippen LogP contribution in [0.4, 0.5) is 15.1 Å². The van der Waals surface area contributed by atoms with E-state index in [4.69, 9.17) is 0 Å². The lowest BCUT2D eigenvalue weighted by Crippen LogP contribution is -2.34. The molecule has 0 fully saturated rings. The van der Waals surface area contributed by atoms with Gasteiger partial charge in [-0.05, 0) is 58.2 Å². The van der Waals surface area contributed by atoms with Crippen LogP contribution in [-0.4, -0.2) is 37.4 Å². The summed E-state index contributed by atoms with van der Waals surface area (Å²) >= 11 is 3.16. The van der Waals surface area contributed by atoms with Gasteiger partial charge in [-0.15, -0.1) is 11.3 Å². The summed E-state index contributed by atoms with van der Waals surface area (Å²) in [6.07, 6.45) is 0.517. The predicted octanol–water partition coefficient (Wildman–Crippen LogP) is 3.41. The van der Waals surface area contributed by atoms with Crippen LogP contribution >= 0.6 is 33.9 Å². The molecule has 0 atom stereocenters. The van der Waals surface area contributed by atoms with Gasteiger partial charge in [-0.1, -0.05) is 13.8 Å². The molecule has 1 aromatic carbocycles. The van der Waals surface area contributed by atoms with E-state index in [1.807, 2.05) is 36.4 Å². The molecular formula is C21H24FIN4O3S. The van der Waals surface area contributed by atoms with Crippen molar-refractivity contribution in [3.05, 3.63) is 43.6 Å². The summed E-state index contributed by atoms with van der Waals surface area (Å²) in [6, 6.07) is 4.75. The van der Waals surface area contributed by atoms with E-state index in [1.165, 1.54) is 13.0 Å². The van der Waals surface area contributed by atoms with Gasteiger partial charge in [-0.2, -0.15) is 0 Å². The first-order chi connectivity index (χ1) is 14.6. The first-order valence-electron chi connectivity index (χ1n) is 9.76. The van der Waals surface area contributed by atoms with Crippen molar-refractivity contribution >= 4 is 62.3 Å². The number of carbonyl (C=O) groups excluding carboxylic acids is 3. The van der Waals surface area contributed by atoms with E-state index in [1.54, 1.807) is 12.1 Å². The summed E-state index contributed by atoms with van der Waals surface area (Å²) in [5, 5.41) is 11.7. The largest absolute Gasteiger partial charge is 0.355 e. The summed E-state index contributed by atoms with van der Waals surface area (Å²) in [4.78, 5) is 37.3. The number of anilines is 2. The summed E-state index contributed by atoms with van der Waals surface area (Å²) in [6.45, 7) is 6.45. The van der Waals surface area contributed by atoms with Gasteiger partial charge in [0.2, 0.25) is 5.91 Å². The van der Waals surface area contributed by atoms with E-state index in [0.717, 1.165) is 14.9 Å². The first-order valence-corrected chi connectivity index (χ1v) is 11.7. The maximum Gasteiger partial charge on any atom is 0.261 e. The summed E-state index contributed by atoms with van der Waals surface area (Å²) < 4.78 is 15.2. The molecular weight excluding hydrogens is 534 g/mol. The summed E-state index contributed by atoms with van der Waals surface area (Å²) in [5.41, 5.74) is 0.962. The molecule has 2 aromatic rings. The lowest BCUT2D eigenvalue weighted by Gasteiger charge is -2.22. The molecule has 0 spiro atoms. The molecule has 0 aliphatic carbocycles. The smallest absolute Gasteiger partial charge is 0.261 e. The molecule has 2 heterocycles. The highest BCUT2D eigenvalue weighted by Gasteiger charge is 2.34. The maximum absolute atomic E-state index is 14.5. The first kappa shape index (κ1) is 23.5. The minimum absolute atomic E-state index is 0.186. The Morgan fingerprint density at radius 3 is 2.65 bits per heavy atom. The van der Waals surface area contributed by atoms with Gasteiger partial charge in [0, 0.05) is 30.1 Å². The molecule has 1 aliphatic rings. The third-order valence-corrected chi connectivity index (χ3v) is 6.60. The number of benzene rings is 1. The quantitative estimate of drug-likeness (QED) is 0.323. The van der Waals surface area contributed by atoms with Gasteiger partial charge in [0.25, 0.3) is 11.8 Å². The van der Waals surface area contributed by atoms with E-state index in [0.29, 0.717) is 34.0 Å². The van der Waals surface area contributed by atoms with Crippen molar-refractivity contribution < 1.29 is 18.8 Å². The van der Waals surface area contributed by atoms with Crippen molar-refractivity contribution in [2.24, 2.45) is 5.41 Å². The number of thiophene rings is 1. The monoisotopic (exact) mass is 558 g/mol. The second-order valence-electron chi connectivity index (χ2n) is 8.13. The minimum atomic E-state index is -0.447. The lowest BCUT2D eigenvalue weighted by atomic mass is 9.85. The molecule has 7 nitrogen and oxygen atoms in total. The minimum Gasteiger partial charge on any atom is -0.355 e. The SMILES string of the molecule is CC(=O)NCCNC(=O)c1c(Nc2ccc(I)cc2F)sc2c1CC(C)(C)CNC2=O. The summed E-state index contributed by atoms with van der Waals surface area (Å²) in [5.74, 6) is -1.25. The van der Waals surface area contributed by atoms with Gasteiger partial charge in [0.15, 0.2) is 0 Å². The fraction of sp³-hybridized carbons (Fsp3) is 0.381. The molecule has 0 saturated heterocycles. The number of carbonyl (C=O) groups is 3. The Balaban J connectivity index is 1.99. The zero-order valence-corrected chi connectivity index (χ0v) is 20.4. The molecule has 3 amide bonds. The van der Waals surface area contributed by atoms with E-state index < -0.39 is 5.82 Å². The molecule has 10 heteroatoms. The zero-order chi connectivity index (χ0) is 22.8. The van der Waals surface area contributed by atoms with Gasteiger partial charge in [-0.3, -0.25) is 14.4 Å². The highest BCUT2D eigenvalue weighted by molar-refractivity contribution is 14.1. The number of halogens is 2. The Kier molecular flexibility index (Phi) is 7.20. The molecule has 1 aromatic heterocycles. The molecule has 0 bridgehead atoms. The van der Waals surface area contributed by atoms with Gasteiger partial charge in [0.05, 0.1) is 16.1 Å². The summed E-state index contributed by atoms with van der Waals surface area (Å²) in [7, 11) is 0. The van der Waals surface area contributed by atoms with Gasteiger partial charge in [-0.25, -0.2) is 4.39 Å². The fourth-order valence-corrected chi connectivity index (χ4v) is 4.90. The standard InChI is InChI=1S/C21H24FIN4O3S/c1-11(28)24-6-7-25-18(29)16-13-9-21(2,3)10-26-19(30)17(13)31-20(16)27-15-5-4-12(23)8-14(15)22/h4-5,8,27H,6-7,9-10H2,1-3H3,(H,24,28)(H,25,29)(H,26,30). The molecule has 166 valence electrons. The molecule has 1 aliphatic heterocycles. The molecule has 31 heavy (non-hydrogen) atoms. The Hall–Kier alpha value is -2.21. The number of hydrogen-bond acceptors (Lipinski definition) is 5. The number of fused-ring (bicyclic) bond motifs is 1. The molecule has 0 saturated carbocycles. The molecule has 0 unspecified atom stereocenters. The van der Waals surface area contributed by atoms with E-state index in [2.05, 4.69) is 21.3 Å². The van der Waals surface area contributed by atoms with Crippen LogP contribution in [0.15, 0.2) is 18.2 Å². The van der Waals surface area contributed by atoms with Gasteiger partial charge >= 0.3 is 0 Å². The average molecular weight is 558 g/mol. The number of nitrogens with one attached hydrogen (secondary N) is 4. The van der Waals surface area contributed by atoms with Crippen LogP contribution in [0.2, 0.25) is 0 Å². The van der Waals surface area contributed by atoms with Crippen LogP contribution in [0.3, 0.4) is 0 Å². The van der Waals surface area contributed by atoms with Crippen LogP contribution in [0.25, 0.3) is 0 Å². The maximum atomic E-state index is 14.5. The second-order valence-corrected chi connectivity index (χ2v) is 10.4. The number of amides is 3. The normalized spacial score (nSPS) is 14.8. The van der Waals surface area contributed by atoms with E-state index >= 15 is 0 Å². The van der Waals surface area contributed by atoms with Crippen molar-refractivity contribution in [3.8, 4) is 0 Å². The Morgan fingerprint density at radius 2 is 1.97 bits per heavy atom. The third kappa shape index (κ3) is 5.73. The van der Waals surface area contributed by atoms with Crippen molar-refractivity contribution in [2.45, 2.75) is 27.2 Å². The topological polar surface area (TPSA) is 99.3 Å². The molecule has 4 N–H and O–H groups in total. The van der Waals surface area contributed by atoms with Crippen molar-refractivity contribution in [1.82, 2.24) is 16.0 Å². The van der Waals surface area contributed by atoms with Crippen LogP contribution < -0.4 is 21.3 Å². The van der Waals surface area contributed by atoms with Crippen LogP contribution in [0.5, 0.6) is 0 Å². The van der Waals surface area contributed by atoms with Crippen LogP contribution in [-0.2, 0) is 11.2 Å². The average Bonchev–Trinajstić information content (AvgIpc) is 2.97. The Labute approximate surface area is 197 Å². The van der Waals surface area contributed by atoms with Crippen molar-refractivity contribution in [1.29, 1.82) is 0 Å². The zero-order valence-electron chi connectivity index (χ0n) is 17.4. The fourth-order valence-electron chi connectivity index (χ4n) is 3.30. The van der Waals surface area contributed by atoms with E-state index in [9.17, 15) is 18.8 Å². The van der Waals surface area contributed by atoms with Crippen molar-refractivity contribution in [3.63, 3.8) is 0 Å². The van der Waals surface area contributed by atoms with E-state index in [-0.39, 0.29) is 41.9 Å². The van der Waals surface area contributed by atoms with Crippen molar-refractivity contribution in [2.75, 3.05) is 25.0 Å².